The van der Waals surface area contributed by atoms with Gasteiger partial charge in [0.15, 0.2) is 6.04 Å². The number of carboxylic acid groups (broad SMARTS) is 1. The van der Waals surface area contributed by atoms with Gasteiger partial charge in [-0.1, -0.05) is 60.7 Å². The Morgan fingerprint density at radius 3 is 2.04 bits per heavy atom. The number of nitrogens with zero attached hydrogens (tertiary/aromatic N) is 1. The summed E-state index contributed by atoms with van der Waals surface area (Å²) in [5.41, 5.74) is 1.20. The number of imide groups is 1. The molecule has 0 aromatic heterocycles. The van der Waals surface area contributed by atoms with E-state index >= 15 is 0 Å². The number of nitrogens with one attached hydrogen (secondary N) is 1. The molecular formula is C18H18N2O4. The normalized spacial score (nSPS) is 11.4. The van der Waals surface area contributed by atoms with E-state index < -0.39 is 23.9 Å². The summed E-state index contributed by atoms with van der Waals surface area (Å²) in [6, 6.07) is 15.4. The Morgan fingerprint density at radius 1 is 1.00 bits per heavy atom. The molecule has 2 N–H and O–H groups in total. The third kappa shape index (κ3) is 4.42. The fourth-order valence-electron chi connectivity index (χ4n) is 2.23. The van der Waals surface area contributed by atoms with Crippen molar-refractivity contribution in [3.05, 3.63) is 71.8 Å². The molecular weight excluding hydrogens is 308 g/mol. The molecule has 0 aliphatic rings. The topological polar surface area (TPSA) is 86.7 Å². The van der Waals surface area contributed by atoms with Gasteiger partial charge in [-0.15, -0.1) is 0 Å². The Morgan fingerprint density at radius 2 is 1.54 bits per heavy atom. The molecule has 0 heterocycles. The van der Waals surface area contributed by atoms with Crippen LogP contribution < -0.4 is 5.32 Å². The minimum absolute atomic E-state index is 0.0726. The van der Waals surface area contributed by atoms with Crippen LogP contribution >= 0.6 is 0 Å². The monoisotopic (exact) mass is 326 g/mol. The molecule has 124 valence electrons. The van der Waals surface area contributed by atoms with Crippen LogP contribution in [0.15, 0.2) is 60.7 Å². The molecule has 0 radical (unpaired) electrons. The van der Waals surface area contributed by atoms with Crippen molar-refractivity contribution in [1.82, 2.24) is 10.2 Å². The van der Waals surface area contributed by atoms with E-state index in [0.29, 0.717) is 5.56 Å². The highest BCUT2D eigenvalue weighted by Gasteiger charge is 2.26. The maximum Gasteiger partial charge on any atom is 0.330 e. The van der Waals surface area contributed by atoms with Crippen molar-refractivity contribution in [1.29, 1.82) is 0 Å². The fourth-order valence-corrected chi connectivity index (χ4v) is 2.23. The molecule has 6 nitrogen and oxygen atoms in total. The molecule has 2 aromatic carbocycles. The molecule has 0 saturated heterocycles. The molecule has 1 unspecified atom stereocenters. The van der Waals surface area contributed by atoms with Crippen LogP contribution in [-0.2, 0) is 16.1 Å². The third-order valence-corrected chi connectivity index (χ3v) is 3.46. The summed E-state index contributed by atoms with van der Waals surface area (Å²) in [6.07, 6.45) is 0. The molecule has 0 fully saturated rings. The summed E-state index contributed by atoms with van der Waals surface area (Å²) >= 11 is 0. The maximum atomic E-state index is 12.4. The Bertz CT molecular complexity index is 716. The van der Waals surface area contributed by atoms with Crippen molar-refractivity contribution in [2.45, 2.75) is 19.5 Å². The lowest BCUT2D eigenvalue weighted by molar-refractivity contribution is -0.139. The molecule has 1 atom stereocenters. The van der Waals surface area contributed by atoms with E-state index in [1.165, 1.54) is 6.92 Å². The summed E-state index contributed by atoms with van der Waals surface area (Å²) < 4.78 is 0. The summed E-state index contributed by atoms with van der Waals surface area (Å²) in [5, 5.41) is 11.8. The molecule has 0 saturated carbocycles. The zero-order valence-corrected chi connectivity index (χ0v) is 13.2. The quantitative estimate of drug-likeness (QED) is 0.884. The lowest BCUT2D eigenvalue weighted by Crippen LogP contribution is -2.45. The van der Waals surface area contributed by atoms with Crippen LogP contribution in [0.1, 0.15) is 24.1 Å². The zero-order chi connectivity index (χ0) is 17.5. The summed E-state index contributed by atoms with van der Waals surface area (Å²) in [5.74, 6) is -1.66. The molecule has 6 heteroatoms. The van der Waals surface area contributed by atoms with Crippen molar-refractivity contribution >= 4 is 17.9 Å². The number of aliphatic carboxylic acids is 1. The van der Waals surface area contributed by atoms with E-state index in [0.717, 1.165) is 10.5 Å². The average molecular weight is 326 g/mol. The summed E-state index contributed by atoms with van der Waals surface area (Å²) in [6.45, 7) is 1.34. The SMILES string of the molecule is CC(=O)N(Cc1ccccc1)C(=O)NC(C(=O)O)c1ccccc1. The second-order valence-corrected chi connectivity index (χ2v) is 5.22. The lowest BCUT2D eigenvalue weighted by Gasteiger charge is -2.23. The second kappa shape index (κ2) is 7.92. The summed E-state index contributed by atoms with van der Waals surface area (Å²) in [7, 11) is 0. The maximum absolute atomic E-state index is 12.4. The number of carboxylic acids is 1. The lowest BCUT2D eigenvalue weighted by atomic mass is 10.1. The van der Waals surface area contributed by atoms with E-state index in [1.54, 1.807) is 54.6 Å². The Balaban J connectivity index is 2.17. The molecule has 2 rings (SSSR count). The first-order chi connectivity index (χ1) is 11.5. The summed E-state index contributed by atoms with van der Waals surface area (Å²) in [4.78, 5) is 36.7. The molecule has 0 aliphatic carbocycles. The van der Waals surface area contributed by atoms with Crippen LogP contribution in [0, 0.1) is 0 Å². The first-order valence-electron chi connectivity index (χ1n) is 7.39. The zero-order valence-electron chi connectivity index (χ0n) is 13.2. The first-order valence-corrected chi connectivity index (χ1v) is 7.39. The van der Waals surface area contributed by atoms with Gasteiger partial charge in [0, 0.05) is 6.92 Å². The van der Waals surface area contributed by atoms with Crippen molar-refractivity contribution in [2.75, 3.05) is 0 Å². The van der Waals surface area contributed by atoms with Crippen LogP contribution in [0.25, 0.3) is 0 Å². The Kier molecular flexibility index (Phi) is 5.68. The predicted octanol–water partition coefficient (Wildman–Crippen LogP) is 2.57. The number of carbonyl (C=O) groups excluding carboxylic acids is 2. The molecule has 0 spiro atoms. The second-order valence-electron chi connectivity index (χ2n) is 5.22. The van der Waals surface area contributed by atoms with Gasteiger partial charge in [0.25, 0.3) is 0 Å². The highest BCUT2D eigenvalue weighted by Crippen LogP contribution is 2.14. The van der Waals surface area contributed by atoms with Crippen LogP contribution in [-0.4, -0.2) is 27.9 Å². The van der Waals surface area contributed by atoms with Crippen molar-refractivity contribution in [3.8, 4) is 0 Å². The number of urea groups is 1. The van der Waals surface area contributed by atoms with Crippen LogP contribution in [0.5, 0.6) is 0 Å². The van der Waals surface area contributed by atoms with E-state index in [1.807, 2.05) is 6.07 Å². The van der Waals surface area contributed by atoms with Gasteiger partial charge in [0.1, 0.15) is 0 Å². The van der Waals surface area contributed by atoms with Gasteiger partial charge in [0.05, 0.1) is 6.54 Å². The number of hydrogen-bond donors (Lipinski definition) is 2. The largest absolute Gasteiger partial charge is 0.479 e. The Hall–Kier alpha value is -3.15. The van der Waals surface area contributed by atoms with E-state index in [9.17, 15) is 19.5 Å². The van der Waals surface area contributed by atoms with Gasteiger partial charge in [-0.25, -0.2) is 9.59 Å². The average Bonchev–Trinajstić information content (AvgIpc) is 2.58. The minimum Gasteiger partial charge on any atom is -0.479 e. The molecule has 2 aromatic rings. The highest BCUT2D eigenvalue weighted by molar-refractivity contribution is 5.95. The van der Waals surface area contributed by atoms with Gasteiger partial charge in [0.2, 0.25) is 5.91 Å². The molecule has 0 bridgehead atoms. The van der Waals surface area contributed by atoms with Crippen LogP contribution in [0.4, 0.5) is 4.79 Å². The van der Waals surface area contributed by atoms with E-state index in [-0.39, 0.29) is 6.54 Å². The van der Waals surface area contributed by atoms with Crippen molar-refractivity contribution < 1.29 is 19.5 Å². The van der Waals surface area contributed by atoms with Crippen molar-refractivity contribution in [2.24, 2.45) is 0 Å². The van der Waals surface area contributed by atoms with Gasteiger partial charge in [-0.05, 0) is 11.1 Å². The number of hydrogen-bond acceptors (Lipinski definition) is 3. The molecule has 3 amide bonds. The standard InChI is InChI=1S/C18H18N2O4/c1-13(21)20(12-14-8-4-2-5-9-14)18(24)19-16(17(22)23)15-10-6-3-7-11-15/h2-11,16H,12H2,1H3,(H,19,24)(H,22,23). The predicted molar refractivity (Wildman–Crippen MR) is 88.0 cm³/mol. The van der Waals surface area contributed by atoms with Crippen LogP contribution in [0.3, 0.4) is 0 Å². The van der Waals surface area contributed by atoms with Gasteiger partial charge in [-0.2, -0.15) is 0 Å². The van der Waals surface area contributed by atoms with Gasteiger partial charge < -0.3 is 10.4 Å². The number of carbonyl (C=O) groups is 3. The number of amides is 3. The molecule has 0 aliphatic heterocycles. The number of rotatable bonds is 5. The van der Waals surface area contributed by atoms with Crippen LogP contribution in [0.2, 0.25) is 0 Å². The minimum atomic E-state index is -1.23. The van der Waals surface area contributed by atoms with E-state index in [4.69, 9.17) is 0 Å². The third-order valence-electron chi connectivity index (χ3n) is 3.46. The molecule has 24 heavy (non-hydrogen) atoms. The fraction of sp³-hybridized carbons (Fsp3) is 0.167. The Labute approximate surface area is 139 Å². The van der Waals surface area contributed by atoms with Crippen molar-refractivity contribution in [3.63, 3.8) is 0 Å². The first kappa shape index (κ1) is 17.2. The smallest absolute Gasteiger partial charge is 0.330 e. The van der Waals surface area contributed by atoms with E-state index in [2.05, 4.69) is 5.32 Å². The van der Waals surface area contributed by atoms with Gasteiger partial charge in [-0.3, -0.25) is 9.69 Å². The highest BCUT2D eigenvalue weighted by atomic mass is 16.4. The number of benzene rings is 2. The van der Waals surface area contributed by atoms with Gasteiger partial charge >= 0.3 is 12.0 Å².